The topological polar surface area (TPSA) is 0 Å². The highest BCUT2D eigenvalue weighted by atomic mass is 14.7. The number of fused-ring (bicyclic) bond motifs is 3. The zero-order chi connectivity index (χ0) is 8.58. The van der Waals surface area contributed by atoms with Crippen molar-refractivity contribution in [3.63, 3.8) is 0 Å². The molecule has 4 fully saturated rings. The average Bonchev–Trinajstić information content (AvgIpc) is 2.48. The summed E-state index contributed by atoms with van der Waals surface area (Å²) < 4.78 is 0. The van der Waals surface area contributed by atoms with Gasteiger partial charge < -0.3 is 0 Å². The van der Waals surface area contributed by atoms with Gasteiger partial charge in [0, 0.05) is 0 Å². The average molecular weight is 176 g/mol. The molecule has 4 aliphatic carbocycles. The maximum Gasteiger partial charge on any atom is -0.0326 e. The fraction of sp³-hybridized carbons (Fsp3) is 1.00. The Hall–Kier alpha value is 0. The van der Waals surface area contributed by atoms with Crippen LogP contribution < -0.4 is 0 Å². The van der Waals surface area contributed by atoms with Gasteiger partial charge in [0.15, 0.2) is 0 Å². The van der Waals surface area contributed by atoms with Gasteiger partial charge in [0.1, 0.15) is 0 Å². The molecule has 0 aromatic heterocycles. The normalized spacial score (nSPS) is 67.6. The molecule has 4 aliphatic rings. The molecule has 4 bridgehead atoms. The summed E-state index contributed by atoms with van der Waals surface area (Å²) in [7, 11) is 0. The molecule has 72 valence electrons. The molecule has 4 rings (SSSR count). The SMILES string of the molecule is CC1CC2C3CCC2C1C1CCC31. The van der Waals surface area contributed by atoms with E-state index in [-0.39, 0.29) is 0 Å². The van der Waals surface area contributed by atoms with Crippen molar-refractivity contribution in [3.8, 4) is 0 Å². The van der Waals surface area contributed by atoms with E-state index in [1.54, 1.807) is 32.1 Å². The standard InChI is InChI=1S/C13H20/c1-7-6-12-9-3-5-11(12)13(7)10-4-2-8(9)10/h7-13H,2-6H2,1H3. The molecule has 0 aromatic rings. The van der Waals surface area contributed by atoms with E-state index in [1.807, 2.05) is 0 Å². The van der Waals surface area contributed by atoms with E-state index in [0.717, 1.165) is 5.92 Å². The lowest BCUT2D eigenvalue weighted by molar-refractivity contribution is -0.0135. The van der Waals surface area contributed by atoms with Crippen molar-refractivity contribution in [2.75, 3.05) is 0 Å². The number of hydrogen-bond acceptors (Lipinski definition) is 0. The molecule has 0 heteroatoms. The Morgan fingerprint density at radius 3 is 2.00 bits per heavy atom. The first-order chi connectivity index (χ1) is 6.36. The fourth-order valence-corrected chi connectivity index (χ4v) is 5.80. The molecule has 0 N–H and O–H groups in total. The molecule has 4 saturated carbocycles. The third-order valence-corrected chi connectivity index (χ3v) is 6.16. The molecule has 7 unspecified atom stereocenters. The van der Waals surface area contributed by atoms with Crippen molar-refractivity contribution in [2.24, 2.45) is 41.4 Å². The molecule has 7 atom stereocenters. The second-order valence-corrected chi connectivity index (χ2v) is 6.26. The molecule has 0 heterocycles. The van der Waals surface area contributed by atoms with Crippen LogP contribution in [0.5, 0.6) is 0 Å². The van der Waals surface area contributed by atoms with Gasteiger partial charge in [-0.2, -0.15) is 0 Å². The second-order valence-electron chi connectivity index (χ2n) is 6.26. The Morgan fingerprint density at radius 1 is 0.692 bits per heavy atom. The zero-order valence-corrected chi connectivity index (χ0v) is 8.58. The summed E-state index contributed by atoms with van der Waals surface area (Å²) in [5, 5.41) is 0. The van der Waals surface area contributed by atoms with E-state index in [4.69, 9.17) is 0 Å². The Labute approximate surface area is 81.1 Å². The van der Waals surface area contributed by atoms with E-state index in [9.17, 15) is 0 Å². The van der Waals surface area contributed by atoms with Crippen LogP contribution in [0.2, 0.25) is 0 Å². The molecule has 0 radical (unpaired) electrons. The first-order valence-corrected chi connectivity index (χ1v) is 6.36. The molecule has 0 amide bonds. The van der Waals surface area contributed by atoms with Crippen LogP contribution in [0.15, 0.2) is 0 Å². The largest absolute Gasteiger partial charge is 0.0622 e. The molecular weight excluding hydrogens is 156 g/mol. The summed E-state index contributed by atoms with van der Waals surface area (Å²) in [6.07, 6.45) is 8.02. The van der Waals surface area contributed by atoms with Gasteiger partial charge in [0.05, 0.1) is 0 Å². The van der Waals surface area contributed by atoms with Gasteiger partial charge in [-0.3, -0.25) is 0 Å². The third-order valence-electron chi connectivity index (χ3n) is 6.16. The van der Waals surface area contributed by atoms with E-state index in [1.165, 1.54) is 35.5 Å². The van der Waals surface area contributed by atoms with E-state index in [0.29, 0.717) is 0 Å². The molecule has 0 aliphatic heterocycles. The summed E-state index contributed by atoms with van der Waals surface area (Å²) in [6, 6.07) is 0. The Morgan fingerprint density at radius 2 is 1.23 bits per heavy atom. The first-order valence-electron chi connectivity index (χ1n) is 6.36. The maximum atomic E-state index is 2.54. The van der Waals surface area contributed by atoms with Crippen LogP contribution in [-0.4, -0.2) is 0 Å². The van der Waals surface area contributed by atoms with Gasteiger partial charge in [-0.05, 0) is 73.5 Å². The summed E-state index contributed by atoms with van der Waals surface area (Å²) in [4.78, 5) is 0. The van der Waals surface area contributed by atoms with Crippen molar-refractivity contribution in [2.45, 2.75) is 39.0 Å². The van der Waals surface area contributed by atoms with Crippen molar-refractivity contribution in [1.29, 1.82) is 0 Å². The number of rotatable bonds is 0. The highest BCUT2D eigenvalue weighted by Crippen LogP contribution is 2.68. The van der Waals surface area contributed by atoms with Crippen LogP contribution in [0, 0.1) is 41.4 Å². The molecular formula is C13H20. The van der Waals surface area contributed by atoms with Crippen LogP contribution in [0.3, 0.4) is 0 Å². The van der Waals surface area contributed by atoms with E-state index in [2.05, 4.69) is 6.92 Å². The van der Waals surface area contributed by atoms with Crippen molar-refractivity contribution < 1.29 is 0 Å². The van der Waals surface area contributed by atoms with Crippen molar-refractivity contribution in [1.82, 2.24) is 0 Å². The zero-order valence-electron chi connectivity index (χ0n) is 8.58. The quantitative estimate of drug-likeness (QED) is 0.531. The van der Waals surface area contributed by atoms with Crippen LogP contribution >= 0.6 is 0 Å². The van der Waals surface area contributed by atoms with Crippen LogP contribution in [-0.2, 0) is 0 Å². The van der Waals surface area contributed by atoms with Gasteiger partial charge in [-0.1, -0.05) is 6.92 Å². The highest BCUT2D eigenvalue weighted by Gasteiger charge is 2.61. The Bertz CT molecular complexity index is 242. The van der Waals surface area contributed by atoms with Crippen LogP contribution in [0.4, 0.5) is 0 Å². The first kappa shape index (κ1) is 7.31. The van der Waals surface area contributed by atoms with Gasteiger partial charge >= 0.3 is 0 Å². The molecule has 0 saturated heterocycles. The summed E-state index contributed by atoms with van der Waals surface area (Å²) >= 11 is 0. The van der Waals surface area contributed by atoms with Crippen molar-refractivity contribution in [3.05, 3.63) is 0 Å². The lowest BCUT2D eigenvalue weighted by Crippen LogP contribution is -2.43. The summed E-state index contributed by atoms with van der Waals surface area (Å²) in [6.45, 7) is 2.54. The van der Waals surface area contributed by atoms with Crippen LogP contribution in [0.25, 0.3) is 0 Å². The second kappa shape index (κ2) is 2.15. The fourth-order valence-electron chi connectivity index (χ4n) is 5.80. The summed E-state index contributed by atoms with van der Waals surface area (Å²) in [5.74, 6) is 8.27. The Kier molecular flexibility index (Phi) is 1.21. The molecule has 0 nitrogen and oxygen atoms in total. The van der Waals surface area contributed by atoms with Gasteiger partial charge in [-0.15, -0.1) is 0 Å². The van der Waals surface area contributed by atoms with E-state index < -0.39 is 0 Å². The van der Waals surface area contributed by atoms with Gasteiger partial charge in [0.25, 0.3) is 0 Å². The van der Waals surface area contributed by atoms with Crippen LogP contribution in [0.1, 0.15) is 39.0 Å². The third kappa shape index (κ3) is 0.680. The molecule has 13 heavy (non-hydrogen) atoms. The smallest absolute Gasteiger partial charge is 0.0326 e. The highest BCUT2D eigenvalue weighted by molar-refractivity contribution is 5.10. The Balaban J connectivity index is 1.80. The van der Waals surface area contributed by atoms with Crippen molar-refractivity contribution >= 4 is 0 Å². The van der Waals surface area contributed by atoms with Gasteiger partial charge in [0.2, 0.25) is 0 Å². The minimum atomic E-state index is 1.09. The molecule has 0 spiro atoms. The number of hydrogen-bond donors (Lipinski definition) is 0. The predicted octanol–water partition coefficient (Wildman–Crippen LogP) is 3.32. The monoisotopic (exact) mass is 176 g/mol. The lowest BCUT2D eigenvalue weighted by Gasteiger charge is -2.50. The minimum Gasteiger partial charge on any atom is -0.0622 e. The minimum absolute atomic E-state index is 1.09. The van der Waals surface area contributed by atoms with E-state index >= 15 is 0 Å². The maximum absolute atomic E-state index is 2.54. The molecule has 0 aromatic carbocycles. The predicted molar refractivity (Wildman–Crippen MR) is 53.2 cm³/mol. The lowest BCUT2D eigenvalue weighted by atomic mass is 9.55. The van der Waals surface area contributed by atoms with Gasteiger partial charge in [-0.25, -0.2) is 0 Å². The summed E-state index contributed by atoms with van der Waals surface area (Å²) in [5.41, 5.74) is 0.